The molecule has 0 aliphatic carbocycles. The van der Waals surface area contributed by atoms with Gasteiger partial charge >= 0.3 is 0 Å². The Morgan fingerprint density at radius 3 is 2.62 bits per heavy atom. The van der Waals surface area contributed by atoms with Gasteiger partial charge in [0.2, 0.25) is 0 Å². The maximum absolute atomic E-state index is 9.74. The summed E-state index contributed by atoms with van der Waals surface area (Å²) in [5.74, 6) is 1.87. The molecule has 0 bridgehead atoms. The predicted molar refractivity (Wildman–Crippen MR) is 118 cm³/mol. The van der Waals surface area contributed by atoms with E-state index in [1.165, 1.54) is 5.56 Å². The fourth-order valence-corrected chi connectivity index (χ4v) is 3.12. The van der Waals surface area contributed by atoms with Crippen LogP contribution in [0, 0.1) is 0 Å². The summed E-state index contributed by atoms with van der Waals surface area (Å²) in [5, 5.41) is 13.2. The monoisotopic (exact) mass is 533 g/mol. The normalized spacial score (nSPS) is 15.6. The molecular weight excluding hydrogens is 509 g/mol. The van der Waals surface area contributed by atoms with Crippen LogP contribution in [0.1, 0.15) is 24.2 Å². The largest absolute Gasteiger partial charge is 0.469 e. The molecule has 1 aliphatic heterocycles. The van der Waals surface area contributed by atoms with Crippen LogP contribution in [0.2, 0.25) is 0 Å². The topological polar surface area (TPSA) is 61.0 Å². The average Bonchev–Trinajstić information content (AvgIpc) is 3.14. The van der Waals surface area contributed by atoms with Gasteiger partial charge in [0.25, 0.3) is 0 Å². The molecule has 3 rings (SSSR count). The first kappa shape index (κ1) is 21.2. The molecule has 7 heteroatoms. The van der Waals surface area contributed by atoms with Crippen molar-refractivity contribution in [1.29, 1.82) is 0 Å². The molecule has 0 saturated carbocycles. The van der Waals surface area contributed by atoms with Crippen molar-refractivity contribution in [3.05, 3.63) is 58.5 Å². The minimum absolute atomic E-state index is 0. The lowest BCUT2D eigenvalue weighted by molar-refractivity contribution is 0.108. The quantitative estimate of drug-likeness (QED) is 0.348. The molecule has 142 valence electrons. The van der Waals surface area contributed by atoms with E-state index in [-0.39, 0.29) is 30.1 Å². The number of aliphatic imine (C=N–C) groups is 1. The minimum atomic E-state index is -0.188. The van der Waals surface area contributed by atoms with Gasteiger partial charge in [-0.25, -0.2) is 4.99 Å². The van der Waals surface area contributed by atoms with E-state index >= 15 is 0 Å². The van der Waals surface area contributed by atoms with Crippen molar-refractivity contribution in [2.75, 3.05) is 19.6 Å². The standard InChI is InChI=1S/C19H24BrN3O2.HI/c20-16-5-3-15(4-6-16)14-22-19(23-11-8-17(24)9-12-23)21-10-7-18-2-1-13-25-18;/h1-6,13,17,24H,7-12,14H2,(H,21,22);1H. The highest BCUT2D eigenvalue weighted by molar-refractivity contribution is 14.0. The summed E-state index contributed by atoms with van der Waals surface area (Å²) in [6.45, 7) is 3.06. The van der Waals surface area contributed by atoms with Crippen LogP contribution in [0.3, 0.4) is 0 Å². The smallest absolute Gasteiger partial charge is 0.194 e. The Labute approximate surface area is 180 Å². The molecule has 0 amide bonds. The molecule has 2 aromatic rings. The van der Waals surface area contributed by atoms with Crippen molar-refractivity contribution in [2.24, 2.45) is 4.99 Å². The zero-order valence-electron chi connectivity index (χ0n) is 14.6. The Balaban J connectivity index is 0.00000243. The molecule has 1 aromatic carbocycles. The first-order chi connectivity index (χ1) is 12.2. The van der Waals surface area contributed by atoms with Crippen molar-refractivity contribution >= 4 is 45.9 Å². The highest BCUT2D eigenvalue weighted by atomic mass is 127. The lowest BCUT2D eigenvalue weighted by atomic mass is 10.1. The molecule has 1 fully saturated rings. The summed E-state index contributed by atoms with van der Waals surface area (Å²) in [7, 11) is 0. The molecule has 5 nitrogen and oxygen atoms in total. The number of aliphatic hydroxyl groups is 1. The number of likely N-dealkylation sites (tertiary alicyclic amines) is 1. The number of nitrogens with zero attached hydrogens (tertiary/aromatic N) is 2. The summed E-state index contributed by atoms with van der Waals surface area (Å²) in [6.07, 6.45) is 3.91. The van der Waals surface area contributed by atoms with E-state index in [0.29, 0.717) is 6.54 Å². The summed E-state index contributed by atoms with van der Waals surface area (Å²) < 4.78 is 6.46. The van der Waals surface area contributed by atoms with Gasteiger partial charge in [0.05, 0.1) is 18.9 Å². The maximum atomic E-state index is 9.74. The van der Waals surface area contributed by atoms with Crippen LogP contribution in [-0.4, -0.2) is 41.7 Å². The van der Waals surface area contributed by atoms with Gasteiger partial charge in [-0.3, -0.25) is 0 Å². The fraction of sp³-hybridized carbons (Fsp3) is 0.421. The number of hydrogen-bond acceptors (Lipinski definition) is 3. The van der Waals surface area contributed by atoms with Crippen LogP contribution >= 0.6 is 39.9 Å². The number of furan rings is 1. The van der Waals surface area contributed by atoms with E-state index in [1.54, 1.807) is 6.26 Å². The van der Waals surface area contributed by atoms with Gasteiger partial charge in [-0.1, -0.05) is 28.1 Å². The van der Waals surface area contributed by atoms with Crippen LogP contribution in [0.4, 0.5) is 0 Å². The average molecular weight is 534 g/mol. The Bertz CT molecular complexity index is 669. The molecule has 2 heterocycles. The third-order valence-corrected chi connectivity index (χ3v) is 4.85. The van der Waals surface area contributed by atoms with Gasteiger partial charge in [-0.15, -0.1) is 24.0 Å². The first-order valence-electron chi connectivity index (χ1n) is 8.69. The third-order valence-electron chi connectivity index (χ3n) is 4.32. The lowest BCUT2D eigenvalue weighted by Crippen LogP contribution is -2.47. The molecule has 2 N–H and O–H groups in total. The maximum Gasteiger partial charge on any atom is 0.194 e. The molecule has 0 unspecified atom stereocenters. The molecular formula is C19H25BrIN3O2. The van der Waals surface area contributed by atoms with Crippen molar-refractivity contribution in [3.63, 3.8) is 0 Å². The van der Waals surface area contributed by atoms with E-state index in [1.807, 2.05) is 24.3 Å². The second-order valence-corrected chi connectivity index (χ2v) is 7.16. The van der Waals surface area contributed by atoms with Crippen LogP contribution < -0.4 is 5.32 Å². The Morgan fingerprint density at radius 1 is 1.23 bits per heavy atom. The van der Waals surface area contributed by atoms with Gasteiger partial charge < -0.3 is 19.7 Å². The number of guanidine groups is 1. The first-order valence-corrected chi connectivity index (χ1v) is 9.48. The Hall–Kier alpha value is -1.06. The van der Waals surface area contributed by atoms with Gasteiger partial charge in [0.1, 0.15) is 5.76 Å². The minimum Gasteiger partial charge on any atom is -0.469 e. The highest BCUT2D eigenvalue weighted by Crippen LogP contribution is 2.13. The molecule has 0 radical (unpaired) electrons. The predicted octanol–water partition coefficient (Wildman–Crippen LogP) is 3.81. The zero-order chi connectivity index (χ0) is 17.5. The number of rotatable bonds is 5. The van der Waals surface area contributed by atoms with E-state index < -0.39 is 0 Å². The molecule has 0 spiro atoms. The Morgan fingerprint density at radius 2 is 1.96 bits per heavy atom. The summed E-state index contributed by atoms with van der Waals surface area (Å²) in [5.41, 5.74) is 1.17. The molecule has 1 aromatic heterocycles. The summed E-state index contributed by atoms with van der Waals surface area (Å²) in [6, 6.07) is 12.1. The van der Waals surface area contributed by atoms with Crippen LogP contribution in [0.5, 0.6) is 0 Å². The number of halogens is 2. The second kappa shape index (κ2) is 10.9. The molecule has 1 saturated heterocycles. The lowest BCUT2D eigenvalue weighted by Gasteiger charge is -2.32. The van der Waals surface area contributed by atoms with E-state index in [9.17, 15) is 5.11 Å². The van der Waals surface area contributed by atoms with Crippen LogP contribution in [-0.2, 0) is 13.0 Å². The van der Waals surface area contributed by atoms with Gasteiger partial charge in [-0.2, -0.15) is 0 Å². The van der Waals surface area contributed by atoms with Gasteiger partial charge in [0.15, 0.2) is 5.96 Å². The molecule has 26 heavy (non-hydrogen) atoms. The number of piperidine rings is 1. The van der Waals surface area contributed by atoms with Crippen molar-refractivity contribution in [3.8, 4) is 0 Å². The SMILES string of the molecule is I.OC1CCN(C(=NCc2ccc(Br)cc2)NCCc2ccco2)CC1. The van der Waals surface area contributed by atoms with Gasteiger partial charge in [0, 0.05) is 30.5 Å². The highest BCUT2D eigenvalue weighted by Gasteiger charge is 2.19. The summed E-state index contributed by atoms with van der Waals surface area (Å²) in [4.78, 5) is 7.02. The number of nitrogens with one attached hydrogen (secondary N) is 1. The van der Waals surface area contributed by atoms with E-state index in [0.717, 1.165) is 55.1 Å². The van der Waals surface area contributed by atoms with Crippen LogP contribution in [0.25, 0.3) is 0 Å². The molecule has 0 atom stereocenters. The Kier molecular flexibility index (Phi) is 8.94. The van der Waals surface area contributed by atoms with E-state index in [4.69, 9.17) is 9.41 Å². The van der Waals surface area contributed by atoms with E-state index in [2.05, 4.69) is 38.3 Å². The number of hydrogen-bond donors (Lipinski definition) is 2. The third kappa shape index (κ3) is 6.59. The summed E-state index contributed by atoms with van der Waals surface area (Å²) >= 11 is 3.46. The number of aliphatic hydroxyl groups excluding tert-OH is 1. The molecule has 1 aliphatic rings. The van der Waals surface area contributed by atoms with Crippen LogP contribution in [0.15, 0.2) is 56.5 Å². The van der Waals surface area contributed by atoms with Crippen molar-refractivity contribution in [2.45, 2.75) is 31.9 Å². The van der Waals surface area contributed by atoms with Crippen molar-refractivity contribution < 1.29 is 9.52 Å². The zero-order valence-corrected chi connectivity index (χ0v) is 18.5. The van der Waals surface area contributed by atoms with Crippen molar-refractivity contribution in [1.82, 2.24) is 10.2 Å². The second-order valence-electron chi connectivity index (χ2n) is 6.24. The van der Waals surface area contributed by atoms with Gasteiger partial charge in [-0.05, 0) is 42.7 Å². The fourth-order valence-electron chi connectivity index (χ4n) is 2.85. The number of benzene rings is 1.